The summed E-state index contributed by atoms with van der Waals surface area (Å²) in [4.78, 5) is 14.1. The third-order valence-electron chi connectivity index (χ3n) is 4.55. The summed E-state index contributed by atoms with van der Waals surface area (Å²) in [5, 5.41) is 4.23. The van der Waals surface area contributed by atoms with Gasteiger partial charge >= 0.3 is 0 Å². The van der Waals surface area contributed by atoms with Crippen molar-refractivity contribution in [3.63, 3.8) is 0 Å². The lowest BCUT2D eigenvalue weighted by Crippen LogP contribution is -2.43. The number of primary amides is 1. The van der Waals surface area contributed by atoms with E-state index < -0.39 is 11.9 Å². The smallest absolute Gasteiger partial charge is 0.239 e. The van der Waals surface area contributed by atoms with Gasteiger partial charge in [0.1, 0.15) is 11.9 Å². The maximum Gasteiger partial charge on any atom is 0.239 e. The number of nitrogens with two attached hydrogens (primary N) is 1. The Morgan fingerprint density at radius 1 is 1.35 bits per heavy atom. The van der Waals surface area contributed by atoms with Crippen LogP contribution in [0.3, 0.4) is 0 Å². The molecule has 0 unspecified atom stereocenters. The van der Waals surface area contributed by atoms with E-state index in [9.17, 15) is 9.18 Å². The van der Waals surface area contributed by atoms with Gasteiger partial charge in [-0.05, 0) is 43.1 Å². The molecule has 2 atom stereocenters. The van der Waals surface area contributed by atoms with Crippen molar-refractivity contribution in [1.29, 1.82) is 0 Å². The van der Waals surface area contributed by atoms with Crippen LogP contribution in [0.5, 0.6) is 0 Å². The van der Waals surface area contributed by atoms with Gasteiger partial charge in [0.15, 0.2) is 0 Å². The number of piperidine rings is 1. The van der Waals surface area contributed by atoms with E-state index in [1.54, 1.807) is 18.3 Å². The van der Waals surface area contributed by atoms with E-state index in [1.165, 1.54) is 12.1 Å². The summed E-state index contributed by atoms with van der Waals surface area (Å²) < 4.78 is 15.0. The third kappa shape index (κ3) is 3.27. The number of rotatable bonds is 4. The number of carbonyl (C=O) groups excluding carboxylic acids is 1. The zero-order chi connectivity index (χ0) is 16.4. The number of halogens is 1. The minimum absolute atomic E-state index is 0.316. The van der Waals surface area contributed by atoms with Crippen LogP contribution >= 0.6 is 0 Å². The molecular weight excluding hydrogens is 295 g/mol. The van der Waals surface area contributed by atoms with Crippen molar-refractivity contribution in [2.45, 2.75) is 24.8 Å². The van der Waals surface area contributed by atoms with E-state index in [0.29, 0.717) is 5.92 Å². The third-order valence-corrected chi connectivity index (χ3v) is 4.55. The van der Waals surface area contributed by atoms with E-state index >= 15 is 0 Å². The molecule has 6 heteroatoms. The van der Waals surface area contributed by atoms with Crippen LogP contribution in [0, 0.1) is 5.82 Å². The molecule has 0 aliphatic carbocycles. The summed E-state index contributed by atoms with van der Waals surface area (Å²) in [5.41, 5.74) is 7.54. The fourth-order valence-electron chi connectivity index (χ4n) is 3.47. The first-order valence-electron chi connectivity index (χ1n) is 7.83. The van der Waals surface area contributed by atoms with E-state index in [1.807, 2.05) is 17.8 Å². The molecule has 2 aromatic rings. The largest absolute Gasteiger partial charge is 0.368 e. The molecule has 3 rings (SSSR count). The molecule has 1 aliphatic heterocycles. The monoisotopic (exact) mass is 316 g/mol. The van der Waals surface area contributed by atoms with Crippen molar-refractivity contribution in [2.24, 2.45) is 12.8 Å². The molecule has 1 amide bonds. The number of carbonyl (C=O) groups is 1. The van der Waals surface area contributed by atoms with Crippen LogP contribution in [-0.2, 0) is 11.8 Å². The SMILES string of the molecule is Cn1nccc1[C@@H]1CCCN([C@H](C(N)=O)c2ccc(F)cc2)C1. The van der Waals surface area contributed by atoms with Crippen LogP contribution in [0.25, 0.3) is 0 Å². The minimum Gasteiger partial charge on any atom is -0.368 e. The Kier molecular flexibility index (Phi) is 4.43. The van der Waals surface area contributed by atoms with Gasteiger partial charge in [0.05, 0.1) is 0 Å². The fourth-order valence-corrected chi connectivity index (χ4v) is 3.47. The number of amides is 1. The predicted octanol–water partition coefficient (Wildman–Crippen LogP) is 1.97. The maximum atomic E-state index is 13.1. The molecule has 1 aliphatic rings. The zero-order valence-electron chi connectivity index (χ0n) is 13.2. The number of nitrogens with zero attached hydrogens (tertiary/aromatic N) is 3. The molecule has 1 fully saturated rings. The summed E-state index contributed by atoms with van der Waals surface area (Å²) in [7, 11) is 1.93. The first kappa shape index (κ1) is 15.7. The first-order valence-corrected chi connectivity index (χ1v) is 7.83. The van der Waals surface area contributed by atoms with Crippen LogP contribution < -0.4 is 5.73 Å². The Morgan fingerprint density at radius 3 is 2.70 bits per heavy atom. The Hall–Kier alpha value is -2.21. The molecule has 122 valence electrons. The number of aryl methyl sites for hydroxylation is 1. The maximum absolute atomic E-state index is 13.1. The summed E-state index contributed by atoms with van der Waals surface area (Å²) in [6, 6.07) is 7.51. The van der Waals surface area contributed by atoms with Crippen LogP contribution in [0.15, 0.2) is 36.5 Å². The topological polar surface area (TPSA) is 64.2 Å². The summed E-state index contributed by atoms with van der Waals surface area (Å²) >= 11 is 0. The lowest BCUT2D eigenvalue weighted by atomic mass is 9.92. The normalized spacial score (nSPS) is 20.3. The number of benzene rings is 1. The number of likely N-dealkylation sites (tertiary alicyclic amines) is 1. The van der Waals surface area contributed by atoms with Crippen LogP contribution in [0.1, 0.15) is 36.1 Å². The molecule has 0 spiro atoms. The summed E-state index contributed by atoms with van der Waals surface area (Å²) in [5.74, 6) is -0.399. The van der Waals surface area contributed by atoms with Crippen molar-refractivity contribution >= 4 is 5.91 Å². The highest BCUT2D eigenvalue weighted by Crippen LogP contribution is 2.31. The first-order chi connectivity index (χ1) is 11.1. The Bertz CT molecular complexity index is 682. The van der Waals surface area contributed by atoms with Gasteiger partial charge in [-0.2, -0.15) is 5.10 Å². The number of aromatic nitrogens is 2. The molecule has 1 aromatic heterocycles. The molecule has 0 bridgehead atoms. The highest BCUT2D eigenvalue weighted by atomic mass is 19.1. The second kappa shape index (κ2) is 6.50. The average Bonchev–Trinajstić information content (AvgIpc) is 2.96. The summed E-state index contributed by atoms with van der Waals surface area (Å²) in [6.45, 7) is 1.55. The van der Waals surface area contributed by atoms with Crippen molar-refractivity contribution in [1.82, 2.24) is 14.7 Å². The van der Waals surface area contributed by atoms with Gasteiger partial charge in [-0.3, -0.25) is 14.4 Å². The van der Waals surface area contributed by atoms with Crippen molar-refractivity contribution in [3.05, 3.63) is 53.6 Å². The van der Waals surface area contributed by atoms with E-state index in [0.717, 1.165) is 37.2 Å². The lowest BCUT2D eigenvalue weighted by molar-refractivity contribution is -0.124. The molecule has 0 radical (unpaired) electrons. The quantitative estimate of drug-likeness (QED) is 0.938. The predicted molar refractivity (Wildman–Crippen MR) is 85.1 cm³/mol. The highest BCUT2D eigenvalue weighted by Gasteiger charge is 2.31. The molecule has 23 heavy (non-hydrogen) atoms. The molecule has 0 saturated carbocycles. The van der Waals surface area contributed by atoms with Gasteiger partial charge in [0.25, 0.3) is 0 Å². The number of hydrogen-bond donors (Lipinski definition) is 1. The molecule has 2 N–H and O–H groups in total. The average molecular weight is 316 g/mol. The highest BCUT2D eigenvalue weighted by molar-refractivity contribution is 5.81. The van der Waals surface area contributed by atoms with Gasteiger partial charge in [0, 0.05) is 31.4 Å². The molecule has 5 nitrogen and oxygen atoms in total. The second-order valence-corrected chi connectivity index (χ2v) is 6.07. The zero-order valence-corrected chi connectivity index (χ0v) is 13.2. The Morgan fingerprint density at radius 2 is 2.09 bits per heavy atom. The van der Waals surface area contributed by atoms with Crippen LogP contribution in [-0.4, -0.2) is 33.7 Å². The minimum atomic E-state index is -0.522. The van der Waals surface area contributed by atoms with Crippen LogP contribution in [0.4, 0.5) is 4.39 Å². The van der Waals surface area contributed by atoms with E-state index in [-0.39, 0.29) is 5.82 Å². The van der Waals surface area contributed by atoms with Gasteiger partial charge in [-0.15, -0.1) is 0 Å². The van der Waals surface area contributed by atoms with Gasteiger partial charge in [0.2, 0.25) is 5.91 Å². The molecular formula is C17H21FN4O. The lowest BCUT2D eigenvalue weighted by Gasteiger charge is -2.37. The van der Waals surface area contributed by atoms with Gasteiger partial charge in [-0.1, -0.05) is 12.1 Å². The summed E-state index contributed by atoms with van der Waals surface area (Å²) in [6.07, 6.45) is 3.84. The Labute approximate surface area is 134 Å². The van der Waals surface area contributed by atoms with Crippen molar-refractivity contribution in [3.8, 4) is 0 Å². The molecule has 2 heterocycles. The Balaban J connectivity index is 1.84. The van der Waals surface area contributed by atoms with Gasteiger partial charge in [-0.25, -0.2) is 4.39 Å². The second-order valence-electron chi connectivity index (χ2n) is 6.07. The van der Waals surface area contributed by atoms with E-state index in [2.05, 4.69) is 10.00 Å². The van der Waals surface area contributed by atoms with Crippen LogP contribution in [0.2, 0.25) is 0 Å². The fraction of sp³-hybridized carbons (Fsp3) is 0.412. The molecule has 1 saturated heterocycles. The standard InChI is InChI=1S/C17H21FN4O/c1-21-15(8-9-20-21)13-3-2-10-22(11-13)16(17(19)23)12-4-6-14(18)7-5-12/h4-9,13,16H,2-3,10-11H2,1H3,(H2,19,23)/t13-,16+/m1/s1. The number of hydrogen-bond acceptors (Lipinski definition) is 3. The van der Waals surface area contributed by atoms with Crippen molar-refractivity contribution < 1.29 is 9.18 Å². The molecule has 1 aromatic carbocycles. The van der Waals surface area contributed by atoms with Crippen molar-refractivity contribution in [2.75, 3.05) is 13.1 Å². The van der Waals surface area contributed by atoms with E-state index in [4.69, 9.17) is 5.73 Å². The van der Waals surface area contributed by atoms with Gasteiger partial charge < -0.3 is 5.73 Å².